The SMILES string of the molecule is CCOC(=O)C1(C)CCC(N=[N+]=[N-])CC1.CCOC(=O)C1(C)CCC(O)CC1. The fourth-order valence-electron chi connectivity index (χ4n) is 3.69. The van der Waals surface area contributed by atoms with Gasteiger partial charge in [-0.2, -0.15) is 0 Å². The third-order valence-corrected chi connectivity index (χ3v) is 5.87. The van der Waals surface area contributed by atoms with E-state index in [1.165, 1.54) is 0 Å². The molecule has 8 heteroatoms. The summed E-state index contributed by atoms with van der Waals surface area (Å²) in [4.78, 5) is 26.0. The Hall–Kier alpha value is -1.79. The summed E-state index contributed by atoms with van der Waals surface area (Å²) in [5.74, 6) is -0.230. The first kappa shape index (κ1) is 24.2. The summed E-state index contributed by atoms with van der Waals surface area (Å²) < 4.78 is 10.0. The van der Waals surface area contributed by atoms with E-state index in [0.717, 1.165) is 51.4 Å². The monoisotopic (exact) mass is 397 g/mol. The summed E-state index contributed by atoms with van der Waals surface area (Å²) in [5.41, 5.74) is 7.58. The van der Waals surface area contributed by atoms with Crippen LogP contribution in [0.15, 0.2) is 5.11 Å². The van der Waals surface area contributed by atoms with Gasteiger partial charge in [-0.15, -0.1) is 0 Å². The molecule has 0 aliphatic heterocycles. The van der Waals surface area contributed by atoms with Crippen LogP contribution in [0, 0.1) is 10.8 Å². The van der Waals surface area contributed by atoms with Gasteiger partial charge in [0, 0.05) is 11.0 Å². The van der Waals surface area contributed by atoms with E-state index in [9.17, 15) is 14.7 Å². The second kappa shape index (κ2) is 11.3. The Labute approximate surface area is 167 Å². The molecule has 2 aliphatic carbocycles. The van der Waals surface area contributed by atoms with Crippen molar-refractivity contribution in [1.29, 1.82) is 0 Å². The van der Waals surface area contributed by atoms with Crippen LogP contribution in [-0.4, -0.2) is 42.4 Å². The molecule has 0 aromatic carbocycles. The first-order valence-electron chi connectivity index (χ1n) is 10.3. The van der Waals surface area contributed by atoms with Crippen molar-refractivity contribution in [2.24, 2.45) is 15.9 Å². The van der Waals surface area contributed by atoms with Gasteiger partial charge in [0.1, 0.15) is 0 Å². The number of carbonyl (C=O) groups excluding carboxylic acids is 2. The Balaban J connectivity index is 0.000000283. The minimum Gasteiger partial charge on any atom is -0.466 e. The standard InChI is InChI=1S/C10H17N3O2.C10H18O3/c1-3-15-9(14)10(2)6-4-8(5-7-10)12-13-11;1-3-13-9(12)10(2)6-4-8(11)5-7-10/h8H,3-7H2,1-2H3;8,11H,3-7H2,1-2H3. The van der Waals surface area contributed by atoms with Crippen LogP contribution in [0.25, 0.3) is 10.4 Å². The number of esters is 2. The average molecular weight is 398 g/mol. The van der Waals surface area contributed by atoms with E-state index in [0.29, 0.717) is 13.2 Å². The van der Waals surface area contributed by atoms with Crippen molar-refractivity contribution in [2.75, 3.05) is 13.2 Å². The molecule has 28 heavy (non-hydrogen) atoms. The molecule has 2 fully saturated rings. The molecule has 0 saturated heterocycles. The second-order valence-corrected chi connectivity index (χ2v) is 8.23. The molecule has 0 heterocycles. The Bertz CT molecular complexity index is 558. The van der Waals surface area contributed by atoms with Gasteiger partial charge in [-0.1, -0.05) is 5.11 Å². The Morgan fingerprint density at radius 3 is 1.71 bits per heavy atom. The number of nitrogens with zero attached hydrogens (tertiary/aromatic N) is 3. The van der Waals surface area contributed by atoms with E-state index in [1.807, 2.05) is 27.7 Å². The molecule has 2 rings (SSSR count). The molecule has 0 spiro atoms. The quantitative estimate of drug-likeness (QED) is 0.321. The largest absolute Gasteiger partial charge is 0.466 e. The zero-order chi connectivity index (χ0) is 21.2. The van der Waals surface area contributed by atoms with Crippen LogP contribution >= 0.6 is 0 Å². The first-order chi connectivity index (χ1) is 13.2. The maximum Gasteiger partial charge on any atom is 0.311 e. The highest BCUT2D eigenvalue weighted by molar-refractivity contribution is 5.76. The van der Waals surface area contributed by atoms with Gasteiger partial charge in [0.15, 0.2) is 0 Å². The summed E-state index contributed by atoms with van der Waals surface area (Å²) in [5, 5.41) is 13.0. The summed E-state index contributed by atoms with van der Waals surface area (Å²) >= 11 is 0. The maximum atomic E-state index is 11.7. The Kier molecular flexibility index (Phi) is 9.76. The van der Waals surface area contributed by atoms with Gasteiger partial charge in [0.05, 0.1) is 30.1 Å². The molecular formula is C20H35N3O5. The molecule has 0 aromatic heterocycles. The van der Waals surface area contributed by atoms with Crippen molar-refractivity contribution in [2.45, 2.75) is 91.2 Å². The summed E-state index contributed by atoms with van der Waals surface area (Å²) in [7, 11) is 0. The number of aliphatic hydroxyl groups is 1. The third kappa shape index (κ3) is 6.99. The van der Waals surface area contributed by atoms with Crippen LogP contribution in [0.5, 0.6) is 0 Å². The topological polar surface area (TPSA) is 122 Å². The maximum absolute atomic E-state index is 11.7. The summed E-state index contributed by atoms with van der Waals surface area (Å²) in [6, 6.07) is 0.0532. The second-order valence-electron chi connectivity index (χ2n) is 8.23. The fourth-order valence-corrected chi connectivity index (χ4v) is 3.69. The van der Waals surface area contributed by atoms with Gasteiger partial charge < -0.3 is 14.6 Å². The van der Waals surface area contributed by atoms with Crippen LogP contribution in [0.3, 0.4) is 0 Å². The lowest BCUT2D eigenvalue weighted by molar-refractivity contribution is -0.157. The number of rotatable bonds is 5. The molecule has 0 radical (unpaired) electrons. The van der Waals surface area contributed by atoms with Gasteiger partial charge in [0.25, 0.3) is 0 Å². The predicted molar refractivity (Wildman–Crippen MR) is 105 cm³/mol. The van der Waals surface area contributed by atoms with Crippen LogP contribution in [0.1, 0.15) is 79.1 Å². The molecular weight excluding hydrogens is 362 g/mol. The van der Waals surface area contributed by atoms with Crippen molar-refractivity contribution in [3.63, 3.8) is 0 Å². The van der Waals surface area contributed by atoms with E-state index in [4.69, 9.17) is 15.0 Å². The molecule has 0 aromatic rings. The number of carbonyl (C=O) groups is 2. The number of azide groups is 1. The van der Waals surface area contributed by atoms with Crippen LogP contribution in [0.2, 0.25) is 0 Å². The van der Waals surface area contributed by atoms with Crippen molar-refractivity contribution in [3.05, 3.63) is 10.4 Å². The molecule has 1 N–H and O–H groups in total. The van der Waals surface area contributed by atoms with Crippen molar-refractivity contribution in [1.82, 2.24) is 0 Å². The van der Waals surface area contributed by atoms with E-state index < -0.39 is 0 Å². The Morgan fingerprint density at radius 1 is 0.964 bits per heavy atom. The van der Waals surface area contributed by atoms with Gasteiger partial charge in [0.2, 0.25) is 0 Å². The molecule has 2 aliphatic rings. The lowest BCUT2D eigenvalue weighted by Crippen LogP contribution is -2.35. The zero-order valence-corrected chi connectivity index (χ0v) is 17.6. The van der Waals surface area contributed by atoms with E-state index in [2.05, 4.69) is 10.0 Å². The molecule has 0 unspecified atom stereocenters. The fraction of sp³-hybridized carbons (Fsp3) is 0.900. The number of hydrogen-bond donors (Lipinski definition) is 1. The minimum atomic E-state index is -0.377. The third-order valence-electron chi connectivity index (χ3n) is 5.87. The smallest absolute Gasteiger partial charge is 0.311 e. The predicted octanol–water partition coefficient (Wildman–Crippen LogP) is 4.30. The lowest BCUT2D eigenvalue weighted by Gasteiger charge is -2.33. The highest BCUT2D eigenvalue weighted by atomic mass is 16.5. The molecule has 0 atom stereocenters. The number of ether oxygens (including phenoxy) is 2. The van der Waals surface area contributed by atoms with Gasteiger partial charge in [-0.25, -0.2) is 0 Å². The van der Waals surface area contributed by atoms with Crippen molar-refractivity contribution >= 4 is 11.9 Å². The van der Waals surface area contributed by atoms with Crippen LogP contribution in [0.4, 0.5) is 0 Å². The highest BCUT2D eigenvalue weighted by Gasteiger charge is 2.39. The molecule has 8 nitrogen and oxygen atoms in total. The van der Waals surface area contributed by atoms with Gasteiger partial charge in [-0.05, 0) is 84.6 Å². The molecule has 2 saturated carbocycles. The highest BCUT2D eigenvalue weighted by Crippen LogP contribution is 2.38. The number of hydrogen-bond acceptors (Lipinski definition) is 6. The minimum absolute atomic E-state index is 0.0532. The normalized spacial score (nSPS) is 32.2. The zero-order valence-electron chi connectivity index (χ0n) is 17.6. The summed E-state index contributed by atoms with van der Waals surface area (Å²) in [6.45, 7) is 8.35. The van der Waals surface area contributed by atoms with Crippen LogP contribution in [-0.2, 0) is 19.1 Å². The summed E-state index contributed by atoms with van der Waals surface area (Å²) in [6.07, 6.45) is 5.75. The molecule has 0 bridgehead atoms. The average Bonchev–Trinajstić information content (AvgIpc) is 2.67. The molecule has 0 amide bonds. The lowest BCUT2D eigenvalue weighted by atomic mass is 9.74. The number of aliphatic hydroxyl groups excluding tert-OH is 1. The van der Waals surface area contributed by atoms with E-state index in [1.54, 1.807) is 0 Å². The first-order valence-corrected chi connectivity index (χ1v) is 10.3. The van der Waals surface area contributed by atoms with E-state index in [-0.39, 0.29) is 34.9 Å². The molecule has 160 valence electrons. The Morgan fingerprint density at radius 2 is 1.36 bits per heavy atom. The van der Waals surface area contributed by atoms with Gasteiger partial charge >= 0.3 is 11.9 Å². The van der Waals surface area contributed by atoms with E-state index >= 15 is 0 Å². The van der Waals surface area contributed by atoms with Gasteiger partial charge in [-0.3, -0.25) is 9.59 Å². The van der Waals surface area contributed by atoms with Crippen LogP contribution < -0.4 is 0 Å². The van der Waals surface area contributed by atoms with Crippen molar-refractivity contribution in [3.8, 4) is 0 Å². The van der Waals surface area contributed by atoms with Crippen molar-refractivity contribution < 1.29 is 24.2 Å².